The van der Waals surface area contributed by atoms with E-state index in [1.54, 1.807) is 0 Å². The van der Waals surface area contributed by atoms with E-state index in [1.807, 2.05) is 13.0 Å². The number of anilines is 1. The summed E-state index contributed by atoms with van der Waals surface area (Å²) >= 11 is 6.15. The summed E-state index contributed by atoms with van der Waals surface area (Å²) in [6.07, 6.45) is 1.16. The van der Waals surface area contributed by atoms with Gasteiger partial charge in [-0.3, -0.25) is 0 Å². The van der Waals surface area contributed by atoms with Crippen LogP contribution < -0.4 is 10.6 Å². The molecule has 1 aromatic carbocycles. The minimum atomic E-state index is 0.244. The van der Waals surface area contributed by atoms with Crippen LogP contribution in [0.25, 0.3) is 0 Å². The van der Waals surface area contributed by atoms with E-state index in [4.69, 9.17) is 22.1 Å². The summed E-state index contributed by atoms with van der Waals surface area (Å²) in [5.41, 5.74) is 7.85. The van der Waals surface area contributed by atoms with Crippen LogP contribution in [0.2, 0.25) is 5.02 Å². The number of hydrogen-bond acceptors (Lipinski definition) is 3. The Balaban J connectivity index is 2.08. The number of nitrogens with two attached hydrogens (primary N) is 1. The molecule has 1 heterocycles. The zero-order valence-corrected chi connectivity index (χ0v) is 10.9. The first-order valence-corrected chi connectivity index (χ1v) is 6.41. The fourth-order valence-electron chi connectivity index (χ4n) is 2.09. The molecule has 0 aromatic heterocycles. The quantitative estimate of drug-likeness (QED) is 0.899. The van der Waals surface area contributed by atoms with Crippen LogP contribution in [0.5, 0.6) is 0 Å². The van der Waals surface area contributed by atoms with Gasteiger partial charge in [-0.05, 0) is 37.6 Å². The van der Waals surface area contributed by atoms with Gasteiger partial charge in [-0.15, -0.1) is 0 Å². The molecule has 2 N–H and O–H groups in total. The maximum Gasteiger partial charge on any atom is 0.0762 e. The maximum absolute atomic E-state index is 6.15. The number of rotatable bonds is 3. The molecule has 1 aromatic rings. The highest BCUT2D eigenvalue weighted by Gasteiger charge is 2.20. The van der Waals surface area contributed by atoms with Crippen molar-refractivity contribution >= 4 is 17.3 Å². The van der Waals surface area contributed by atoms with Crippen LogP contribution in [-0.2, 0) is 4.74 Å². The summed E-state index contributed by atoms with van der Waals surface area (Å²) in [6.45, 7) is 5.27. The summed E-state index contributed by atoms with van der Waals surface area (Å²) in [5.74, 6) is 0. The SMILES string of the molecule is Cc1ccc(N2CCOC(CCN)C2)cc1Cl. The third-order valence-electron chi connectivity index (χ3n) is 3.15. The lowest BCUT2D eigenvalue weighted by Crippen LogP contribution is -2.43. The molecule has 1 aliphatic rings. The fraction of sp³-hybridized carbons (Fsp3) is 0.538. The molecular formula is C13H19ClN2O. The number of aryl methyl sites for hydroxylation is 1. The third-order valence-corrected chi connectivity index (χ3v) is 3.56. The van der Waals surface area contributed by atoms with Crippen molar-refractivity contribution in [1.29, 1.82) is 0 Å². The van der Waals surface area contributed by atoms with Crippen LogP contribution in [-0.4, -0.2) is 32.3 Å². The van der Waals surface area contributed by atoms with Crippen molar-refractivity contribution in [2.24, 2.45) is 5.73 Å². The van der Waals surface area contributed by atoms with Crippen molar-refractivity contribution in [2.45, 2.75) is 19.4 Å². The number of halogens is 1. The largest absolute Gasteiger partial charge is 0.374 e. The summed E-state index contributed by atoms with van der Waals surface area (Å²) in [6, 6.07) is 6.21. The predicted molar refractivity (Wildman–Crippen MR) is 71.8 cm³/mol. The van der Waals surface area contributed by atoms with Gasteiger partial charge in [-0.2, -0.15) is 0 Å². The highest BCUT2D eigenvalue weighted by Crippen LogP contribution is 2.24. The molecule has 0 amide bonds. The van der Waals surface area contributed by atoms with Gasteiger partial charge < -0.3 is 15.4 Å². The first-order valence-electron chi connectivity index (χ1n) is 6.03. The molecule has 1 fully saturated rings. The average Bonchev–Trinajstić information content (AvgIpc) is 2.33. The van der Waals surface area contributed by atoms with Crippen LogP contribution in [0.4, 0.5) is 5.69 Å². The topological polar surface area (TPSA) is 38.5 Å². The van der Waals surface area contributed by atoms with E-state index in [-0.39, 0.29) is 6.10 Å². The molecular weight excluding hydrogens is 236 g/mol. The van der Waals surface area contributed by atoms with Crippen LogP contribution in [0.3, 0.4) is 0 Å². The van der Waals surface area contributed by atoms with E-state index < -0.39 is 0 Å². The van der Waals surface area contributed by atoms with Crippen LogP contribution in [0.15, 0.2) is 18.2 Å². The number of nitrogens with zero attached hydrogens (tertiary/aromatic N) is 1. The third kappa shape index (κ3) is 3.12. The number of benzene rings is 1. The molecule has 1 aliphatic heterocycles. The molecule has 3 nitrogen and oxygen atoms in total. The van der Waals surface area contributed by atoms with E-state index in [0.29, 0.717) is 6.54 Å². The zero-order valence-electron chi connectivity index (χ0n) is 10.2. The molecule has 17 heavy (non-hydrogen) atoms. The minimum absolute atomic E-state index is 0.244. The monoisotopic (exact) mass is 254 g/mol. The standard InChI is InChI=1S/C13H19ClN2O/c1-10-2-3-11(8-13(10)14)16-6-7-17-12(9-16)4-5-15/h2-3,8,12H,4-7,9,15H2,1H3. The van der Waals surface area contributed by atoms with E-state index in [9.17, 15) is 0 Å². The Morgan fingerprint density at radius 3 is 3.06 bits per heavy atom. The van der Waals surface area contributed by atoms with Crippen molar-refractivity contribution in [3.63, 3.8) is 0 Å². The van der Waals surface area contributed by atoms with Gasteiger partial charge in [0.2, 0.25) is 0 Å². The molecule has 94 valence electrons. The molecule has 0 aliphatic carbocycles. The van der Waals surface area contributed by atoms with Gasteiger partial charge in [-0.1, -0.05) is 17.7 Å². The lowest BCUT2D eigenvalue weighted by molar-refractivity contribution is 0.0369. The number of hydrogen-bond donors (Lipinski definition) is 1. The smallest absolute Gasteiger partial charge is 0.0762 e. The molecule has 0 saturated carbocycles. The number of morpholine rings is 1. The Morgan fingerprint density at radius 2 is 2.35 bits per heavy atom. The summed E-state index contributed by atoms with van der Waals surface area (Å²) in [4.78, 5) is 2.31. The van der Waals surface area contributed by atoms with E-state index in [0.717, 1.165) is 36.7 Å². The normalized spacial score (nSPS) is 20.6. The van der Waals surface area contributed by atoms with Gasteiger partial charge in [0.1, 0.15) is 0 Å². The highest BCUT2D eigenvalue weighted by atomic mass is 35.5. The summed E-state index contributed by atoms with van der Waals surface area (Å²) < 4.78 is 5.67. The second-order valence-electron chi connectivity index (χ2n) is 4.45. The van der Waals surface area contributed by atoms with Gasteiger partial charge in [0.25, 0.3) is 0 Å². The molecule has 1 unspecified atom stereocenters. The second kappa shape index (κ2) is 5.71. The van der Waals surface area contributed by atoms with E-state index in [1.165, 1.54) is 5.69 Å². The van der Waals surface area contributed by atoms with Crippen LogP contribution >= 0.6 is 11.6 Å². The van der Waals surface area contributed by atoms with Crippen molar-refractivity contribution in [3.05, 3.63) is 28.8 Å². The first kappa shape index (κ1) is 12.7. The molecule has 0 bridgehead atoms. The molecule has 0 radical (unpaired) electrons. The zero-order chi connectivity index (χ0) is 12.3. The van der Waals surface area contributed by atoms with Crippen LogP contribution in [0.1, 0.15) is 12.0 Å². The molecule has 4 heteroatoms. The Kier molecular flexibility index (Phi) is 4.26. The van der Waals surface area contributed by atoms with Crippen molar-refractivity contribution in [2.75, 3.05) is 31.1 Å². The van der Waals surface area contributed by atoms with Gasteiger partial charge >= 0.3 is 0 Å². The van der Waals surface area contributed by atoms with Crippen molar-refractivity contribution in [1.82, 2.24) is 0 Å². The van der Waals surface area contributed by atoms with E-state index in [2.05, 4.69) is 17.0 Å². The Labute approximate surface area is 107 Å². The molecule has 1 atom stereocenters. The molecule has 0 spiro atoms. The van der Waals surface area contributed by atoms with Crippen molar-refractivity contribution < 1.29 is 4.74 Å². The Hall–Kier alpha value is -0.770. The van der Waals surface area contributed by atoms with Gasteiger partial charge in [-0.25, -0.2) is 0 Å². The lowest BCUT2D eigenvalue weighted by atomic mass is 10.1. The lowest BCUT2D eigenvalue weighted by Gasteiger charge is -2.34. The summed E-state index contributed by atoms with van der Waals surface area (Å²) in [5, 5.41) is 0.823. The second-order valence-corrected chi connectivity index (χ2v) is 4.86. The van der Waals surface area contributed by atoms with Crippen molar-refractivity contribution in [3.8, 4) is 0 Å². The van der Waals surface area contributed by atoms with Gasteiger partial charge in [0.05, 0.1) is 12.7 Å². The van der Waals surface area contributed by atoms with Gasteiger partial charge in [0.15, 0.2) is 0 Å². The fourth-order valence-corrected chi connectivity index (χ4v) is 2.27. The van der Waals surface area contributed by atoms with Crippen LogP contribution in [0, 0.1) is 6.92 Å². The average molecular weight is 255 g/mol. The predicted octanol–water partition coefficient (Wildman–Crippen LogP) is 2.20. The summed E-state index contributed by atoms with van der Waals surface area (Å²) in [7, 11) is 0. The maximum atomic E-state index is 6.15. The highest BCUT2D eigenvalue weighted by molar-refractivity contribution is 6.31. The van der Waals surface area contributed by atoms with E-state index >= 15 is 0 Å². The first-order chi connectivity index (χ1) is 8.20. The Bertz CT molecular complexity index is 382. The molecule has 2 rings (SSSR count). The number of ether oxygens (including phenoxy) is 1. The molecule has 1 saturated heterocycles. The van der Waals surface area contributed by atoms with Gasteiger partial charge in [0, 0.05) is 23.8 Å². The Morgan fingerprint density at radius 1 is 1.53 bits per heavy atom. The minimum Gasteiger partial charge on any atom is -0.374 e.